The number of rotatable bonds is 3. The molecule has 3 heteroatoms. The van der Waals surface area contributed by atoms with E-state index in [1.54, 1.807) is 17.8 Å². The van der Waals surface area contributed by atoms with E-state index in [0.29, 0.717) is 11.4 Å². The first-order valence-corrected chi connectivity index (χ1v) is 8.52. The maximum atomic E-state index is 5.82. The zero-order valence-electron chi connectivity index (χ0n) is 13.5. The summed E-state index contributed by atoms with van der Waals surface area (Å²) in [6.45, 7) is 4.00. The molecule has 3 aromatic rings. The molecular weight excluding hydrogens is 300 g/mol. The van der Waals surface area contributed by atoms with E-state index in [4.69, 9.17) is 11.5 Å². The van der Waals surface area contributed by atoms with E-state index in [1.807, 2.05) is 44.2 Å². The van der Waals surface area contributed by atoms with Crippen LogP contribution in [0.2, 0.25) is 0 Å². The molecule has 3 aromatic carbocycles. The monoisotopic (exact) mass is 322 g/mol. The predicted molar refractivity (Wildman–Crippen MR) is 103 cm³/mol. The van der Waals surface area contributed by atoms with Crippen molar-refractivity contribution in [3.05, 3.63) is 72.8 Å². The third kappa shape index (κ3) is 4.80. The van der Waals surface area contributed by atoms with E-state index in [0.717, 1.165) is 4.90 Å². The maximum Gasteiger partial charge on any atom is 0.0346 e. The highest BCUT2D eigenvalue weighted by Crippen LogP contribution is 2.32. The third-order valence-electron chi connectivity index (χ3n) is 3.15. The second-order valence-electron chi connectivity index (χ2n) is 4.83. The quantitative estimate of drug-likeness (QED) is 0.608. The van der Waals surface area contributed by atoms with Crippen LogP contribution in [0.1, 0.15) is 13.8 Å². The molecule has 0 aliphatic rings. The average molecular weight is 322 g/mol. The molecule has 118 valence electrons. The fraction of sp³-hybridized carbons (Fsp3) is 0.100. The van der Waals surface area contributed by atoms with Gasteiger partial charge in [0.1, 0.15) is 0 Å². The van der Waals surface area contributed by atoms with Gasteiger partial charge in [-0.3, -0.25) is 0 Å². The Morgan fingerprint density at radius 2 is 1.13 bits per heavy atom. The van der Waals surface area contributed by atoms with Gasteiger partial charge in [-0.25, -0.2) is 0 Å². The number of hydrogen-bond acceptors (Lipinski definition) is 3. The van der Waals surface area contributed by atoms with Gasteiger partial charge >= 0.3 is 0 Å². The average Bonchev–Trinajstić information content (AvgIpc) is 2.57. The van der Waals surface area contributed by atoms with E-state index in [9.17, 15) is 0 Å². The lowest BCUT2D eigenvalue weighted by molar-refractivity contribution is 1.41. The van der Waals surface area contributed by atoms with Gasteiger partial charge in [-0.1, -0.05) is 68.1 Å². The Labute approximate surface area is 142 Å². The Hall–Kier alpha value is -2.39. The molecule has 0 bridgehead atoms. The van der Waals surface area contributed by atoms with Crippen LogP contribution in [0.15, 0.2) is 82.6 Å². The minimum Gasteiger partial charge on any atom is -0.399 e. The Kier molecular flexibility index (Phi) is 6.12. The van der Waals surface area contributed by atoms with Crippen molar-refractivity contribution < 1.29 is 0 Å². The van der Waals surface area contributed by atoms with E-state index >= 15 is 0 Å². The van der Waals surface area contributed by atoms with Gasteiger partial charge in [0.2, 0.25) is 0 Å². The van der Waals surface area contributed by atoms with Crippen molar-refractivity contribution in [3.8, 4) is 11.1 Å². The Bertz CT molecular complexity index is 717. The zero-order chi connectivity index (χ0) is 16.7. The van der Waals surface area contributed by atoms with Crippen molar-refractivity contribution in [1.29, 1.82) is 0 Å². The van der Waals surface area contributed by atoms with Gasteiger partial charge in [-0.2, -0.15) is 0 Å². The summed E-state index contributed by atoms with van der Waals surface area (Å²) in [6, 6.07) is 24.5. The lowest BCUT2D eigenvalue weighted by Crippen LogP contribution is -1.90. The summed E-state index contributed by atoms with van der Waals surface area (Å²) in [6.07, 6.45) is 0. The van der Waals surface area contributed by atoms with Crippen molar-refractivity contribution in [2.75, 3.05) is 11.5 Å². The highest BCUT2D eigenvalue weighted by atomic mass is 32.2. The summed E-state index contributed by atoms with van der Waals surface area (Å²) in [7, 11) is 0. The summed E-state index contributed by atoms with van der Waals surface area (Å²) < 4.78 is 0. The number of hydrogen-bond donors (Lipinski definition) is 2. The highest BCUT2D eigenvalue weighted by Gasteiger charge is 2.01. The Morgan fingerprint density at radius 3 is 1.70 bits per heavy atom. The summed E-state index contributed by atoms with van der Waals surface area (Å²) in [5.74, 6) is 0. The van der Waals surface area contributed by atoms with Crippen molar-refractivity contribution in [3.63, 3.8) is 0 Å². The maximum absolute atomic E-state index is 5.82. The minimum absolute atomic E-state index is 0.693. The minimum atomic E-state index is 0.693. The fourth-order valence-corrected chi connectivity index (χ4v) is 3.12. The van der Waals surface area contributed by atoms with Crippen LogP contribution in [-0.2, 0) is 0 Å². The molecule has 0 radical (unpaired) electrons. The van der Waals surface area contributed by atoms with Crippen molar-refractivity contribution in [2.45, 2.75) is 23.6 Å². The first kappa shape index (κ1) is 17.0. The largest absolute Gasteiger partial charge is 0.399 e. The summed E-state index contributed by atoms with van der Waals surface area (Å²) in [5, 5.41) is 0. The van der Waals surface area contributed by atoms with Gasteiger partial charge in [0.05, 0.1) is 0 Å². The molecule has 0 amide bonds. The van der Waals surface area contributed by atoms with Crippen molar-refractivity contribution in [1.82, 2.24) is 0 Å². The van der Waals surface area contributed by atoms with Crippen LogP contribution < -0.4 is 11.5 Å². The van der Waals surface area contributed by atoms with Crippen LogP contribution in [0.4, 0.5) is 11.4 Å². The van der Waals surface area contributed by atoms with Gasteiger partial charge in [-0.05, 0) is 41.5 Å². The molecule has 0 spiro atoms. The molecule has 0 saturated heterocycles. The van der Waals surface area contributed by atoms with Crippen LogP contribution in [0.5, 0.6) is 0 Å². The SMILES string of the molecule is CC.Nc1cc(N)cc(Sc2ccc(-c3ccccc3)cc2)c1. The standard InChI is InChI=1S/C18H16N2S.C2H6/c19-15-10-16(20)12-18(11-15)21-17-8-6-14(7-9-17)13-4-2-1-3-5-13;1-2/h1-12H,19-20H2;1-2H3. The molecule has 2 nitrogen and oxygen atoms in total. The van der Waals surface area contributed by atoms with E-state index < -0.39 is 0 Å². The van der Waals surface area contributed by atoms with Crippen LogP contribution in [-0.4, -0.2) is 0 Å². The summed E-state index contributed by atoms with van der Waals surface area (Å²) >= 11 is 1.66. The number of nitrogens with two attached hydrogens (primary N) is 2. The molecule has 4 N–H and O–H groups in total. The van der Waals surface area contributed by atoms with Gasteiger partial charge in [0.25, 0.3) is 0 Å². The zero-order valence-corrected chi connectivity index (χ0v) is 14.3. The number of nitrogen functional groups attached to an aromatic ring is 2. The molecule has 0 aliphatic carbocycles. The van der Waals surface area contributed by atoms with Crippen molar-refractivity contribution in [2.24, 2.45) is 0 Å². The van der Waals surface area contributed by atoms with Gasteiger partial charge in [0, 0.05) is 21.2 Å². The number of benzene rings is 3. The van der Waals surface area contributed by atoms with Crippen LogP contribution in [0.25, 0.3) is 11.1 Å². The van der Waals surface area contributed by atoms with Gasteiger partial charge < -0.3 is 11.5 Å². The molecule has 0 aliphatic heterocycles. The lowest BCUT2D eigenvalue weighted by Gasteiger charge is -2.06. The normalized spacial score (nSPS) is 9.83. The molecule has 0 heterocycles. The van der Waals surface area contributed by atoms with Gasteiger partial charge in [-0.15, -0.1) is 0 Å². The molecule has 0 atom stereocenters. The molecule has 0 saturated carbocycles. The lowest BCUT2D eigenvalue weighted by atomic mass is 10.1. The van der Waals surface area contributed by atoms with Gasteiger partial charge in [0.15, 0.2) is 0 Å². The molecule has 0 unspecified atom stereocenters. The first-order chi connectivity index (χ1) is 11.2. The predicted octanol–water partition coefficient (Wildman–Crippen LogP) is 5.70. The molecule has 3 rings (SSSR count). The van der Waals surface area contributed by atoms with Crippen molar-refractivity contribution >= 4 is 23.1 Å². The Balaban J connectivity index is 0.000000924. The van der Waals surface area contributed by atoms with Crippen LogP contribution in [0, 0.1) is 0 Å². The Morgan fingerprint density at radius 1 is 0.609 bits per heavy atom. The van der Waals surface area contributed by atoms with E-state index in [-0.39, 0.29) is 0 Å². The smallest absolute Gasteiger partial charge is 0.0346 e. The molecule has 23 heavy (non-hydrogen) atoms. The number of anilines is 2. The van der Waals surface area contributed by atoms with E-state index in [2.05, 4.69) is 36.4 Å². The second-order valence-corrected chi connectivity index (χ2v) is 5.97. The van der Waals surface area contributed by atoms with Crippen LogP contribution in [0.3, 0.4) is 0 Å². The molecular formula is C20H22N2S. The topological polar surface area (TPSA) is 52.0 Å². The van der Waals surface area contributed by atoms with Crippen LogP contribution >= 0.6 is 11.8 Å². The molecule has 0 aromatic heterocycles. The first-order valence-electron chi connectivity index (χ1n) is 7.70. The summed E-state index contributed by atoms with van der Waals surface area (Å²) in [5.41, 5.74) is 15.5. The molecule has 0 fully saturated rings. The second kappa shape index (κ2) is 8.30. The summed E-state index contributed by atoms with van der Waals surface area (Å²) in [4.78, 5) is 2.22. The fourth-order valence-electron chi connectivity index (χ4n) is 2.19. The highest BCUT2D eigenvalue weighted by molar-refractivity contribution is 7.99. The third-order valence-corrected chi connectivity index (χ3v) is 4.13. The van der Waals surface area contributed by atoms with E-state index in [1.165, 1.54) is 16.0 Å².